The monoisotopic (exact) mass is 205 g/mol. The van der Waals surface area contributed by atoms with Crippen LogP contribution in [0, 0.1) is 0 Å². The number of hydrogen-bond donors (Lipinski definition) is 2. The lowest BCUT2D eigenvalue weighted by atomic mass is 10.0. The first-order chi connectivity index (χ1) is 7.12. The molecule has 15 heavy (non-hydrogen) atoms. The van der Waals surface area contributed by atoms with Crippen molar-refractivity contribution in [1.29, 1.82) is 0 Å². The summed E-state index contributed by atoms with van der Waals surface area (Å²) in [6.07, 6.45) is 2.42. The van der Waals surface area contributed by atoms with Gasteiger partial charge < -0.3 is 15.1 Å². The highest BCUT2D eigenvalue weighted by Crippen LogP contribution is 2.51. The zero-order valence-electron chi connectivity index (χ0n) is 8.82. The zero-order chi connectivity index (χ0) is 10.6. The number of hydrogen-bond acceptors (Lipinski definition) is 3. The second kappa shape index (κ2) is 2.67. The van der Waals surface area contributed by atoms with E-state index in [4.69, 9.17) is 0 Å². The Bertz CT molecular complexity index is 424. The number of benzene rings is 1. The quantitative estimate of drug-likeness (QED) is 0.727. The van der Waals surface area contributed by atoms with Crippen molar-refractivity contribution in [3.63, 3.8) is 0 Å². The van der Waals surface area contributed by atoms with Gasteiger partial charge in [0.1, 0.15) is 5.75 Å². The lowest BCUT2D eigenvalue weighted by Gasteiger charge is -2.16. The van der Waals surface area contributed by atoms with Crippen LogP contribution in [-0.2, 0) is 12.0 Å². The van der Waals surface area contributed by atoms with Crippen molar-refractivity contribution in [1.82, 2.24) is 0 Å². The summed E-state index contributed by atoms with van der Waals surface area (Å²) < 4.78 is 0. The minimum atomic E-state index is -0.736. The molecule has 0 radical (unpaired) electrons. The van der Waals surface area contributed by atoms with Crippen molar-refractivity contribution in [3.8, 4) is 5.75 Å². The summed E-state index contributed by atoms with van der Waals surface area (Å²) in [5, 5.41) is 20.1. The number of phenolic OH excluding ortho intramolecular Hbond substituents is 1. The molecule has 1 aliphatic heterocycles. The van der Waals surface area contributed by atoms with Crippen molar-refractivity contribution in [2.45, 2.75) is 24.9 Å². The summed E-state index contributed by atoms with van der Waals surface area (Å²) in [7, 11) is 2.02. The van der Waals surface area contributed by atoms with Gasteiger partial charge in [-0.2, -0.15) is 0 Å². The molecule has 1 heterocycles. The van der Waals surface area contributed by atoms with Crippen LogP contribution in [0.4, 0.5) is 5.69 Å². The molecule has 1 aromatic rings. The van der Waals surface area contributed by atoms with E-state index in [1.54, 1.807) is 0 Å². The Morgan fingerprint density at radius 1 is 1.33 bits per heavy atom. The third-order valence-electron chi connectivity index (χ3n) is 3.59. The molecule has 80 valence electrons. The highest BCUT2D eigenvalue weighted by molar-refractivity contribution is 5.65. The number of fused-ring (bicyclic) bond motifs is 1. The number of aliphatic hydroxyl groups is 1. The third-order valence-corrected chi connectivity index (χ3v) is 3.59. The van der Waals surface area contributed by atoms with Crippen LogP contribution in [0.5, 0.6) is 5.75 Å². The lowest BCUT2D eigenvalue weighted by Crippen LogP contribution is -2.12. The summed E-state index contributed by atoms with van der Waals surface area (Å²) in [4.78, 5) is 2.13. The largest absolute Gasteiger partial charge is 0.507 e. The Balaban J connectivity index is 2.14. The molecule has 1 saturated carbocycles. The van der Waals surface area contributed by atoms with Crippen LogP contribution < -0.4 is 4.90 Å². The van der Waals surface area contributed by atoms with E-state index in [0.29, 0.717) is 5.75 Å². The summed E-state index contributed by atoms with van der Waals surface area (Å²) in [6.45, 7) is 0.949. The molecule has 0 spiro atoms. The highest BCUT2D eigenvalue weighted by atomic mass is 16.3. The predicted molar refractivity (Wildman–Crippen MR) is 58.2 cm³/mol. The molecule has 0 atom stereocenters. The fourth-order valence-electron chi connectivity index (χ4n) is 2.39. The number of likely N-dealkylation sites (N-methyl/N-ethyl adjacent to an activating group) is 1. The molecular weight excluding hydrogens is 190 g/mol. The van der Waals surface area contributed by atoms with Gasteiger partial charge in [0.25, 0.3) is 0 Å². The number of aromatic hydroxyl groups is 1. The number of rotatable bonds is 1. The van der Waals surface area contributed by atoms with Crippen LogP contribution in [0.15, 0.2) is 12.1 Å². The number of nitrogens with zero attached hydrogens (tertiary/aromatic N) is 1. The highest BCUT2D eigenvalue weighted by Gasteiger charge is 2.45. The summed E-state index contributed by atoms with van der Waals surface area (Å²) in [5.41, 5.74) is 2.08. The Labute approximate surface area is 89.0 Å². The summed E-state index contributed by atoms with van der Waals surface area (Å²) in [6, 6.07) is 3.87. The van der Waals surface area contributed by atoms with E-state index < -0.39 is 5.60 Å². The Morgan fingerprint density at radius 3 is 2.73 bits per heavy atom. The van der Waals surface area contributed by atoms with E-state index in [2.05, 4.69) is 4.90 Å². The SMILES string of the molecule is CN1CCc2c1ccc(C1(O)CC1)c2O. The second-order valence-corrected chi connectivity index (χ2v) is 4.66. The lowest BCUT2D eigenvalue weighted by molar-refractivity contribution is 0.147. The van der Waals surface area contributed by atoms with Crippen molar-refractivity contribution in [2.75, 3.05) is 18.5 Å². The molecule has 0 bridgehead atoms. The van der Waals surface area contributed by atoms with Crippen molar-refractivity contribution >= 4 is 5.69 Å². The molecule has 0 aromatic heterocycles. The molecular formula is C12H15NO2. The minimum Gasteiger partial charge on any atom is -0.507 e. The van der Waals surface area contributed by atoms with Gasteiger partial charge in [-0.25, -0.2) is 0 Å². The van der Waals surface area contributed by atoms with Gasteiger partial charge in [-0.3, -0.25) is 0 Å². The smallest absolute Gasteiger partial charge is 0.126 e. The molecule has 1 aliphatic carbocycles. The van der Waals surface area contributed by atoms with E-state index in [1.165, 1.54) is 0 Å². The molecule has 2 aliphatic rings. The summed E-state index contributed by atoms with van der Waals surface area (Å²) in [5.74, 6) is 0.317. The fraction of sp³-hybridized carbons (Fsp3) is 0.500. The van der Waals surface area contributed by atoms with E-state index in [1.807, 2.05) is 19.2 Å². The van der Waals surface area contributed by atoms with E-state index in [9.17, 15) is 10.2 Å². The third kappa shape index (κ3) is 1.16. The van der Waals surface area contributed by atoms with Gasteiger partial charge in [0.15, 0.2) is 0 Å². The minimum absolute atomic E-state index is 0.317. The first kappa shape index (κ1) is 9.04. The maximum Gasteiger partial charge on any atom is 0.126 e. The zero-order valence-corrected chi connectivity index (χ0v) is 8.82. The maximum absolute atomic E-state index is 10.1. The van der Waals surface area contributed by atoms with Gasteiger partial charge in [0.2, 0.25) is 0 Å². The molecule has 3 nitrogen and oxygen atoms in total. The van der Waals surface area contributed by atoms with Crippen molar-refractivity contribution in [3.05, 3.63) is 23.3 Å². The molecule has 0 unspecified atom stereocenters. The molecule has 2 N–H and O–H groups in total. The van der Waals surface area contributed by atoms with Crippen LogP contribution in [0.3, 0.4) is 0 Å². The topological polar surface area (TPSA) is 43.7 Å². The van der Waals surface area contributed by atoms with Crippen LogP contribution in [0.2, 0.25) is 0 Å². The molecule has 1 aromatic carbocycles. The van der Waals surface area contributed by atoms with Crippen LogP contribution >= 0.6 is 0 Å². The molecule has 0 saturated heterocycles. The number of phenols is 1. The summed E-state index contributed by atoms with van der Waals surface area (Å²) >= 11 is 0. The average molecular weight is 205 g/mol. The van der Waals surface area contributed by atoms with Crippen molar-refractivity contribution < 1.29 is 10.2 Å². The predicted octanol–water partition coefficient (Wildman–Crippen LogP) is 1.37. The Hall–Kier alpha value is -1.22. The number of anilines is 1. The van der Waals surface area contributed by atoms with E-state index in [-0.39, 0.29) is 0 Å². The van der Waals surface area contributed by atoms with Gasteiger partial charge in [0, 0.05) is 30.4 Å². The van der Waals surface area contributed by atoms with Gasteiger partial charge >= 0.3 is 0 Å². The Morgan fingerprint density at radius 2 is 2.07 bits per heavy atom. The Kier molecular flexibility index (Phi) is 1.61. The van der Waals surface area contributed by atoms with Gasteiger partial charge in [0.05, 0.1) is 5.60 Å². The normalized spacial score (nSPS) is 21.6. The standard InChI is InChI=1S/C12H15NO2/c1-13-7-4-8-10(13)3-2-9(11(8)14)12(15)5-6-12/h2-3,14-15H,4-7H2,1H3. The molecule has 3 rings (SSSR count). The van der Waals surface area contributed by atoms with Crippen LogP contribution in [-0.4, -0.2) is 23.8 Å². The molecule has 0 amide bonds. The van der Waals surface area contributed by atoms with Gasteiger partial charge in [-0.05, 0) is 25.3 Å². The van der Waals surface area contributed by atoms with Gasteiger partial charge in [-0.15, -0.1) is 0 Å². The van der Waals surface area contributed by atoms with Gasteiger partial charge in [-0.1, -0.05) is 6.07 Å². The van der Waals surface area contributed by atoms with Crippen LogP contribution in [0.25, 0.3) is 0 Å². The van der Waals surface area contributed by atoms with E-state index in [0.717, 1.165) is 42.6 Å². The first-order valence-corrected chi connectivity index (χ1v) is 5.41. The fourth-order valence-corrected chi connectivity index (χ4v) is 2.39. The average Bonchev–Trinajstić information content (AvgIpc) is 2.83. The maximum atomic E-state index is 10.1. The molecule has 1 fully saturated rings. The van der Waals surface area contributed by atoms with Crippen molar-refractivity contribution in [2.24, 2.45) is 0 Å². The van der Waals surface area contributed by atoms with Crippen LogP contribution in [0.1, 0.15) is 24.0 Å². The molecule has 3 heteroatoms. The van der Waals surface area contributed by atoms with E-state index >= 15 is 0 Å². The second-order valence-electron chi connectivity index (χ2n) is 4.66. The first-order valence-electron chi connectivity index (χ1n) is 5.41.